The Balaban J connectivity index is 1.70. The van der Waals surface area contributed by atoms with E-state index in [4.69, 9.17) is 9.47 Å². The molecule has 6 nitrogen and oxygen atoms in total. The number of carbonyl (C=O) groups excluding carboxylic acids is 2. The van der Waals surface area contributed by atoms with Crippen molar-refractivity contribution in [3.8, 4) is 0 Å². The quantitative estimate of drug-likeness (QED) is 0.376. The van der Waals surface area contributed by atoms with Crippen LogP contribution in [0.2, 0.25) is 0 Å². The summed E-state index contributed by atoms with van der Waals surface area (Å²) in [5.74, 6) is -1.81. The highest BCUT2D eigenvalue weighted by Crippen LogP contribution is 2.26. The smallest absolute Gasteiger partial charge is 0.347 e. The Hall–Kier alpha value is -3.58. The molecule has 1 N–H and O–H groups in total. The number of ether oxygens (including phenoxy) is 2. The van der Waals surface area contributed by atoms with E-state index in [0.29, 0.717) is 16.9 Å². The molecule has 0 aliphatic heterocycles. The zero-order chi connectivity index (χ0) is 22.9. The van der Waals surface area contributed by atoms with E-state index >= 15 is 0 Å². The Morgan fingerprint density at radius 1 is 0.938 bits per heavy atom. The van der Waals surface area contributed by atoms with E-state index in [1.165, 1.54) is 18.9 Å². The molecule has 3 aromatic rings. The first kappa shape index (κ1) is 23.1. The summed E-state index contributed by atoms with van der Waals surface area (Å²) in [5, 5.41) is 9.33. The second kappa shape index (κ2) is 11.2. The number of hydrogen-bond acceptors (Lipinski definition) is 6. The standard InChI is InChI=1S/C25H22O6S/c1-30-25(29)22(14-17-8-3-2-4-9-17)31-24(28)18-11-7-12-20(15-18)32-16-19-10-5-6-13-21(19)23(26)27/h2-13,15,22H,14,16H2,1H3,(H,26,27). The molecule has 32 heavy (non-hydrogen) atoms. The minimum absolute atomic E-state index is 0.208. The van der Waals surface area contributed by atoms with E-state index in [-0.39, 0.29) is 12.0 Å². The topological polar surface area (TPSA) is 89.9 Å². The van der Waals surface area contributed by atoms with E-state index in [0.717, 1.165) is 10.5 Å². The maximum absolute atomic E-state index is 12.7. The summed E-state index contributed by atoms with van der Waals surface area (Å²) < 4.78 is 10.3. The van der Waals surface area contributed by atoms with Gasteiger partial charge < -0.3 is 14.6 Å². The first-order chi connectivity index (χ1) is 15.5. The number of thioether (sulfide) groups is 1. The molecule has 0 radical (unpaired) electrons. The minimum atomic E-state index is -1.06. The highest BCUT2D eigenvalue weighted by Gasteiger charge is 2.25. The fraction of sp³-hybridized carbons (Fsp3) is 0.160. The molecule has 0 fully saturated rings. The van der Waals surface area contributed by atoms with Crippen LogP contribution in [-0.4, -0.2) is 36.2 Å². The molecule has 0 aliphatic carbocycles. The number of hydrogen-bond donors (Lipinski definition) is 1. The largest absolute Gasteiger partial charge is 0.478 e. The molecule has 0 heterocycles. The lowest BCUT2D eigenvalue weighted by Gasteiger charge is -2.16. The van der Waals surface area contributed by atoms with Gasteiger partial charge >= 0.3 is 17.9 Å². The van der Waals surface area contributed by atoms with Crippen LogP contribution < -0.4 is 0 Å². The molecule has 3 aromatic carbocycles. The van der Waals surface area contributed by atoms with Crippen LogP contribution in [0.15, 0.2) is 83.8 Å². The molecule has 0 saturated carbocycles. The van der Waals surface area contributed by atoms with Crippen molar-refractivity contribution in [3.05, 3.63) is 101 Å². The number of methoxy groups -OCH3 is 1. The average Bonchev–Trinajstić information content (AvgIpc) is 2.82. The first-order valence-corrected chi connectivity index (χ1v) is 10.8. The van der Waals surface area contributed by atoms with Crippen LogP contribution >= 0.6 is 11.8 Å². The predicted molar refractivity (Wildman–Crippen MR) is 121 cm³/mol. The van der Waals surface area contributed by atoms with Crippen LogP contribution in [0.5, 0.6) is 0 Å². The lowest BCUT2D eigenvalue weighted by atomic mass is 10.1. The monoisotopic (exact) mass is 450 g/mol. The Bertz CT molecular complexity index is 1100. The van der Waals surface area contributed by atoms with Crippen LogP contribution in [0.4, 0.5) is 0 Å². The van der Waals surface area contributed by atoms with Gasteiger partial charge in [-0.25, -0.2) is 14.4 Å². The number of benzene rings is 3. The van der Waals surface area contributed by atoms with Crippen LogP contribution in [0, 0.1) is 0 Å². The Kier molecular flexibility index (Phi) is 8.05. The molecule has 0 spiro atoms. The van der Waals surface area contributed by atoms with E-state index in [1.807, 2.05) is 36.4 Å². The third kappa shape index (κ3) is 6.21. The number of carboxylic acid groups (broad SMARTS) is 1. The third-order valence-electron chi connectivity index (χ3n) is 4.69. The van der Waals surface area contributed by atoms with Crippen molar-refractivity contribution < 1.29 is 29.0 Å². The normalized spacial score (nSPS) is 11.4. The molecule has 3 rings (SSSR count). The molecule has 1 atom stereocenters. The molecule has 164 valence electrons. The van der Waals surface area contributed by atoms with Crippen LogP contribution in [0.1, 0.15) is 31.8 Å². The first-order valence-electron chi connectivity index (χ1n) is 9.84. The van der Waals surface area contributed by atoms with Gasteiger partial charge in [-0.15, -0.1) is 11.8 Å². The maximum Gasteiger partial charge on any atom is 0.347 e. The lowest BCUT2D eigenvalue weighted by Crippen LogP contribution is -2.30. The van der Waals surface area contributed by atoms with Gasteiger partial charge in [-0.2, -0.15) is 0 Å². The van der Waals surface area contributed by atoms with Crippen molar-refractivity contribution in [3.63, 3.8) is 0 Å². The zero-order valence-corrected chi connectivity index (χ0v) is 18.2. The molecular weight excluding hydrogens is 428 g/mol. The minimum Gasteiger partial charge on any atom is -0.478 e. The van der Waals surface area contributed by atoms with Crippen molar-refractivity contribution in [2.45, 2.75) is 23.2 Å². The van der Waals surface area contributed by atoms with E-state index in [1.54, 1.807) is 42.5 Å². The van der Waals surface area contributed by atoms with Crippen molar-refractivity contribution in [2.24, 2.45) is 0 Å². The van der Waals surface area contributed by atoms with Gasteiger partial charge in [0.15, 0.2) is 0 Å². The Morgan fingerprint density at radius 2 is 1.66 bits per heavy atom. The van der Waals surface area contributed by atoms with Crippen LogP contribution in [0.3, 0.4) is 0 Å². The summed E-state index contributed by atoms with van der Waals surface area (Å²) in [5.41, 5.74) is 2.07. The van der Waals surface area contributed by atoms with Gasteiger partial charge in [0, 0.05) is 17.1 Å². The van der Waals surface area contributed by atoms with E-state index < -0.39 is 24.0 Å². The van der Waals surface area contributed by atoms with Crippen molar-refractivity contribution in [1.82, 2.24) is 0 Å². The van der Waals surface area contributed by atoms with Crippen LogP contribution in [0.25, 0.3) is 0 Å². The SMILES string of the molecule is COC(=O)C(Cc1ccccc1)OC(=O)c1cccc(SCc2ccccc2C(=O)O)c1. The highest BCUT2D eigenvalue weighted by atomic mass is 32.2. The van der Waals surface area contributed by atoms with Crippen molar-refractivity contribution in [1.29, 1.82) is 0 Å². The van der Waals surface area contributed by atoms with Gasteiger partial charge in [-0.3, -0.25) is 0 Å². The fourth-order valence-corrected chi connectivity index (χ4v) is 4.02. The summed E-state index contributed by atoms with van der Waals surface area (Å²) in [6.07, 6.45) is -0.853. The van der Waals surface area contributed by atoms with E-state index in [9.17, 15) is 19.5 Å². The summed E-state index contributed by atoms with van der Waals surface area (Å²) in [7, 11) is 1.25. The highest BCUT2D eigenvalue weighted by molar-refractivity contribution is 7.98. The average molecular weight is 451 g/mol. The molecule has 0 aliphatic rings. The van der Waals surface area contributed by atoms with Gasteiger partial charge in [-0.1, -0.05) is 54.6 Å². The van der Waals surface area contributed by atoms with Gasteiger partial charge in [0.25, 0.3) is 0 Å². The van der Waals surface area contributed by atoms with Crippen LogP contribution in [-0.2, 0) is 26.4 Å². The Labute approximate surface area is 190 Å². The van der Waals surface area contributed by atoms with E-state index in [2.05, 4.69) is 0 Å². The number of carbonyl (C=O) groups is 3. The fourth-order valence-electron chi connectivity index (χ4n) is 3.06. The second-order valence-electron chi connectivity index (χ2n) is 6.89. The maximum atomic E-state index is 12.7. The van der Waals surface area contributed by atoms with Crippen molar-refractivity contribution in [2.75, 3.05) is 7.11 Å². The lowest BCUT2D eigenvalue weighted by molar-refractivity contribution is -0.150. The van der Waals surface area contributed by atoms with Gasteiger partial charge in [0.1, 0.15) is 0 Å². The Morgan fingerprint density at radius 3 is 2.38 bits per heavy atom. The predicted octanol–water partition coefficient (Wildman–Crippen LogP) is 4.62. The molecule has 0 saturated heterocycles. The number of rotatable bonds is 9. The molecule has 0 aromatic heterocycles. The summed E-state index contributed by atoms with van der Waals surface area (Å²) in [6.45, 7) is 0. The van der Waals surface area contributed by atoms with Crippen molar-refractivity contribution >= 4 is 29.7 Å². The summed E-state index contributed by atoms with van der Waals surface area (Å²) in [6, 6.07) is 22.8. The third-order valence-corrected chi connectivity index (χ3v) is 5.73. The molecular formula is C25H22O6S. The summed E-state index contributed by atoms with van der Waals surface area (Å²) in [4.78, 5) is 37.0. The molecule has 0 amide bonds. The van der Waals surface area contributed by atoms with Gasteiger partial charge in [-0.05, 0) is 35.4 Å². The van der Waals surface area contributed by atoms with Gasteiger partial charge in [0.05, 0.1) is 18.2 Å². The second-order valence-corrected chi connectivity index (χ2v) is 7.93. The number of carboxylic acids is 1. The number of aromatic carboxylic acids is 1. The van der Waals surface area contributed by atoms with Gasteiger partial charge in [0.2, 0.25) is 6.10 Å². The molecule has 0 bridgehead atoms. The molecule has 1 unspecified atom stereocenters. The number of esters is 2. The zero-order valence-electron chi connectivity index (χ0n) is 17.4. The summed E-state index contributed by atoms with van der Waals surface area (Å²) >= 11 is 1.41. The molecule has 7 heteroatoms.